The number of hydrogen-bond donors (Lipinski definition) is 0. The van der Waals surface area contributed by atoms with Crippen molar-refractivity contribution in [3.63, 3.8) is 0 Å². The van der Waals surface area contributed by atoms with E-state index in [9.17, 15) is 13.2 Å². The van der Waals surface area contributed by atoms with Gasteiger partial charge in [0.25, 0.3) is 5.91 Å². The smallest absolute Gasteiger partial charge is 0.263 e. The van der Waals surface area contributed by atoms with E-state index >= 15 is 0 Å². The maximum Gasteiger partial charge on any atom is 0.263 e. The molecular weight excluding hydrogens is 420 g/mol. The molecule has 0 saturated heterocycles. The van der Waals surface area contributed by atoms with Gasteiger partial charge in [0.05, 0.1) is 21.7 Å². The molecule has 0 atom stereocenters. The Hall–Kier alpha value is -2.29. The van der Waals surface area contributed by atoms with Gasteiger partial charge in [-0.2, -0.15) is 4.99 Å². The maximum atomic E-state index is 12.6. The van der Waals surface area contributed by atoms with Gasteiger partial charge >= 0.3 is 0 Å². The predicted molar refractivity (Wildman–Crippen MR) is 120 cm³/mol. The highest BCUT2D eigenvalue weighted by Crippen LogP contribution is 2.22. The molecule has 8 heteroatoms. The van der Waals surface area contributed by atoms with Crippen LogP contribution in [0.1, 0.15) is 23.6 Å². The molecule has 1 heterocycles. The molecule has 2 aromatic carbocycles. The lowest BCUT2D eigenvalue weighted by Gasteiger charge is -2.07. The summed E-state index contributed by atoms with van der Waals surface area (Å²) in [6.45, 7) is 9.49. The van der Waals surface area contributed by atoms with Crippen molar-refractivity contribution in [1.29, 1.82) is 0 Å². The Balaban J connectivity index is 1.98. The third kappa shape index (κ3) is 5.06. The van der Waals surface area contributed by atoms with E-state index in [4.69, 9.17) is 4.74 Å². The molecule has 1 amide bonds. The summed E-state index contributed by atoms with van der Waals surface area (Å²) < 4.78 is 33.6. The van der Waals surface area contributed by atoms with Crippen LogP contribution in [0.15, 0.2) is 46.3 Å². The molecular formula is C22H26N2O4S2. The van der Waals surface area contributed by atoms with Crippen LogP contribution in [0.3, 0.4) is 0 Å². The van der Waals surface area contributed by atoms with E-state index < -0.39 is 21.5 Å². The number of sulfone groups is 1. The van der Waals surface area contributed by atoms with Gasteiger partial charge in [-0.05, 0) is 63.1 Å². The number of benzene rings is 2. The number of hydrogen-bond acceptors (Lipinski definition) is 5. The summed E-state index contributed by atoms with van der Waals surface area (Å²) in [5, 5.41) is 0. The molecule has 0 spiro atoms. The zero-order valence-electron chi connectivity index (χ0n) is 17.6. The quantitative estimate of drug-likeness (QED) is 0.520. The predicted octanol–water partition coefficient (Wildman–Crippen LogP) is 3.57. The summed E-state index contributed by atoms with van der Waals surface area (Å²) >= 11 is 1.38. The monoisotopic (exact) mass is 446 g/mol. The lowest BCUT2D eigenvalue weighted by atomic mass is 10.1. The van der Waals surface area contributed by atoms with Gasteiger partial charge in [-0.3, -0.25) is 4.79 Å². The van der Waals surface area contributed by atoms with E-state index in [1.807, 2.05) is 32.3 Å². The minimum Gasteiger partial charge on any atom is -0.380 e. The average molecular weight is 447 g/mol. The van der Waals surface area contributed by atoms with Gasteiger partial charge in [0.2, 0.25) is 0 Å². The number of aromatic nitrogens is 1. The van der Waals surface area contributed by atoms with Crippen LogP contribution in [0.5, 0.6) is 0 Å². The molecule has 30 heavy (non-hydrogen) atoms. The molecule has 160 valence electrons. The Morgan fingerprint density at radius 1 is 1.10 bits per heavy atom. The number of rotatable bonds is 7. The minimum atomic E-state index is -3.75. The Kier molecular flexibility index (Phi) is 6.90. The van der Waals surface area contributed by atoms with Crippen LogP contribution in [-0.4, -0.2) is 37.9 Å². The van der Waals surface area contributed by atoms with Gasteiger partial charge in [-0.15, -0.1) is 0 Å². The van der Waals surface area contributed by atoms with E-state index in [0.29, 0.717) is 24.6 Å². The minimum absolute atomic E-state index is 0.128. The topological polar surface area (TPSA) is 77.7 Å². The molecule has 0 bridgehead atoms. The van der Waals surface area contributed by atoms with Crippen LogP contribution < -0.4 is 4.80 Å². The molecule has 0 aliphatic rings. The molecule has 0 aliphatic heterocycles. The van der Waals surface area contributed by atoms with Gasteiger partial charge in [-0.25, -0.2) is 8.42 Å². The van der Waals surface area contributed by atoms with Crippen LogP contribution in [0.25, 0.3) is 10.2 Å². The second-order valence-corrected chi connectivity index (χ2v) is 10.2. The molecule has 0 N–H and O–H groups in total. The summed E-state index contributed by atoms with van der Waals surface area (Å²) in [6.07, 6.45) is 0. The van der Waals surface area contributed by atoms with E-state index in [1.165, 1.54) is 23.5 Å². The number of ether oxygens (including phenoxy) is 1. The molecule has 3 aromatic rings. The number of aryl methyl sites for hydroxylation is 3. The van der Waals surface area contributed by atoms with E-state index in [1.54, 1.807) is 12.1 Å². The van der Waals surface area contributed by atoms with E-state index in [0.717, 1.165) is 26.9 Å². The average Bonchev–Trinajstić information content (AvgIpc) is 2.98. The number of carbonyl (C=O) groups excluding carboxylic acids is 1. The van der Waals surface area contributed by atoms with Gasteiger partial charge in [0, 0.05) is 13.2 Å². The van der Waals surface area contributed by atoms with E-state index in [2.05, 4.69) is 17.1 Å². The molecule has 0 aliphatic carbocycles. The van der Waals surface area contributed by atoms with Crippen LogP contribution in [-0.2, 0) is 25.9 Å². The number of amides is 1. The van der Waals surface area contributed by atoms with Gasteiger partial charge in [0.1, 0.15) is 5.75 Å². The summed E-state index contributed by atoms with van der Waals surface area (Å²) in [4.78, 5) is 17.4. The largest absolute Gasteiger partial charge is 0.380 e. The maximum absolute atomic E-state index is 12.6. The zero-order chi connectivity index (χ0) is 21.9. The molecule has 6 nitrogen and oxygen atoms in total. The zero-order valence-corrected chi connectivity index (χ0v) is 19.3. The number of carbonyl (C=O) groups is 1. The molecule has 3 rings (SSSR count). The summed E-state index contributed by atoms with van der Waals surface area (Å²) in [6, 6.07) is 10.6. The second kappa shape index (κ2) is 9.24. The fourth-order valence-corrected chi connectivity index (χ4v) is 5.31. The number of nitrogens with zero attached hydrogens (tertiary/aromatic N) is 2. The van der Waals surface area contributed by atoms with Gasteiger partial charge in [-0.1, -0.05) is 29.0 Å². The van der Waals surface area contributed by atoms with Crippen molar-refractivity contribution in [1.82, 2.24) is 4.57 Å². The highest BCUT2D eigenvalue weighted by atomic mass is 32.2. The summed E-state index contributed by atoms with van der Waals surface area (Å²) in [5.74, 6) is -1.34. The standard InChI is InChI=1S/C22H26N2O4S2/c1-5-28-11-10-24-19-12-16(3)17(4)13-20(19)29-22(24)23-21(25)14-30(26,27)18-8-6-15(2)7-9-18/h6-9,12-13H,5,10-11,14H2,1-4H3. The molecule has 0 fully saturated rings. The first-order chi connectivity index (χ1) is 14.2. The fraction of sp³-hybridized carbons (Fsp3) is 0.364. The van der Waals surface area contributed by atoms with Crippen molar-refractivity contribution in [2.45, 2.75) is 39.1 Å². The summed E-state index contributed by atoms with van der Waals surface area (Å²) in [5.41, 5.74) is 4.22. The molecule has 1 aromatic heterocycles. The van der Waals surface area contributed by atoms with Crippen LogP contribution in [0.2, 0.25) is 0 Å². The Morgan fingerprint density at radius 3 is 2.43 bits per heavy atom. The number of fused-ring (bicyclic) bond motifs is 1. The number of thiazole rings is 1. The third-order valence-corrected chi connectivity index (χ3v) is 7.53. The third-order valence-electron chi connectivity index (χ3n) is 4.88. The first-order valence-electron chi connectivity index (χ1n) is 9.76. The van der Waals surface area contributed by atoms with Crippen LogP contribution in [0, 0.1) is 20.8 Å². The Morgan fingerprint density at radius 2 is 1.77 bits per heavy atom. The Bertz CT molecular complexity index is 1240. The first-order valence-corrected chi connectivity index (χ1v) is 12.2. The van der Waals surface area contributed by atoms with Crippen LogP contribution >= 0.6 is 11.3 Å². The second-order valence-electron chi connectivity index (χ2n) is 7.22. The lowest BCUT2D eigenvalue weighted by Crippen LogP contribution is -2.22. The normalized spacial score (nSPS) is 12.6. The molecule has 0 saturated carbocycles. The Labute approximate surface area is 180 Å². The van der Waals surface area contributed by atoms with Crippen molar-refractivity contribution in [2.24, 2.45) is 4.99 Å². The molecule has 0 unspecified atom stereocenters. The van der Waals surface area contributed by atoms with Crippen molar-refractivity contribution < 1.29 is 17.9 Å². The van der Waals surface area contributed by atoms with Crippen molar-refractivity contribution in [3.05, 3.63) is 57.9 Å². The SMILES string of the molecule is CCOCCn1c(=NC(=O)CS(=O)(=O)c2ccc(C)cc2)sc2cc(C)c(C)cc21. The van der Waals surface area contributed by atoms with Crippen molar-refractivity contribution >= 4 is 37.3 Å². The highest BCUT2D eigenvalue weighted by molar-refractivity contribution is 7.92. The fourth-order valence-electron chi connectivity index (χ4n) is 3.05. The van der Waals surface area contributed by atoms with Crippen LogP contribution in [0.4, 0.5) is 0 Å². The van der Waals surface area contributed by atoms with Crippen molar-refractivity contribution in [3.8, 4) is 0 Å². The van der Waals surface area contributed by atoms with Crippen molar-refractivity contribution in [2.75, 3.05) is 19.0 Å². The lowest BCUT2D eigenvalue weighted by molar-refractivity contribution is -0.115. The van der Waals surface area contributed by atoms with Gasteiger partial charge in [0.15, 0.2) is 14.6 Å². The van der Waals surface area contributed by atoms with Gasteiger partial charge < -0.3 is 9.30 Å². The molecule has 0 radical (unpaired) electrons. The van der Waals surface area contributed by atoms with E-state index in [-0.39, 0.29) is 4.90 Å². The summed E-state index contributed by atoms with van der Waals surface area (Å²) in [7, 11) is -3.75. The first kappa shape index (κ1) is 22.4. The highest BCUT2D eigenvalue weighted by Gasteiger charge is 2.19.